The molecule has 1 unspecified atom stereocenters. The molecule has 0 bridgehead atoms. The summed E-state index contributed by atoms with van der Waals surface area (Å²) in [5.41, 5.74) is 1.73. The lowest BCUT2D eigenvalue weighted by Gasteiger charge is -2.20. The summed E-state index contributed by atoms with van der Waals surface area (Å²) < 4.78 is 5.71. The first-order chi connectivity index (χ1) is 15.1. The molecule has 0 radical (unpaired) electrons. The van der Waals surface area contributed by atoms with E-state index in [2.05, 4.69) is 55.2 Å². The molecule has 1 aromatic heterocycles. The third-order valence-corrected chi connectivity index (χ3v) is 6.11. The molecule has 0 saturated heterocycles. The first kappa shape index (κ1) is 21.1. The highest BCUT2D eigenvalue weighted by Gasteiger charge is 2.26. The molecule has 1 heterocycles. The van der Waals surface area contributed by atoms with Crippen LogP contribution in [0.4, 0.5) is 0 Å². The Morgan fingerprint density at radius 2 is 1.61 bits per heavy atom. The molecule has 1 atom stereocenters. The molecule has 31 heavy (non-hydrogen) atoms. The van der Waals surface area contributed by atoms with Gasteiger partial charge >= 0.3 is 5.97 Å². The highest BCUT2D eigenvalue weighted by atomic mass is 32.2. The van der Waals surface area contributed by atoms with Gasteiger partial charge in [-0.1, -0.05) is 92.3 Å². The van der Waals surface area contributed by atoms with Crippen LogP contribution in [0.1, 0.15) is 31.0 Å². The van der Waals surface area contributed by atoms with Crippen molar-refractivity contribution in [2.45, 2.75) is 36.3 Å². The lowest BCUT2D eigenvalue weighted by molar-refractivity contribution is -0.148. The van der Waals surface area contributed by atoms with Crippen LogP contribution in [0.15, 0.2) is 101 Å². The molecule has 4 heteroatoms. The van der Waals surface area contributed by atoms with Crippen molar-refractivity contribution in [1.29, 1.82) is 0 Å². The van der Waals surface area contributed by atoms with E-state index in [0.29, 0.717) is 0 Å². The molecule has 0 spiro atoms. The van der Waals surface area contributed by atoms with Crippen molar-refractivity contribution >= 4 is 28.5 Å². The maximum atomic E-state index is 13.0. The lowest BCUT2D eigenvalue weighted by Crippen LogP contribution is -2.21. The van der Waals surface area contributed by atoms with E-state index in [9.17, 15) is 4.79 Å². The predicted molar refractivity (Wildman–Crippen MR) is 126 cm³/mol. The fourth-order valence-electron chi connectivity index (χ4n) is 3.63. The molecule has 0 N–H and O–H groups in total. The Morgan fingerprint density at radius 3 is 2.39 bits per heavy atom. The van der Waals surface area contributed by atoms with Gasteiger partial charge in [-0.2, -0.15) is 0 Å². The molecule has 4 rings (SSSR count). The summed E-state index contributed by atoms with van der Waals surface area (Å²) >= 11 is 1.59. The number of hydrogen-bond acceptors (Lipinski definition) is 4. The van der Waals surface area contributed by atoms with E-state index in [4.69, 9.17) is 4.74 Å². The van der Waals surface area contributed by atoms with Gasteiger partial charge in [0.25, 0.3) is 0 Å². The van der Waals surface area contributed by atoms with Gasteiger partial charge in [0, 0.05) is 4.90 Å². The number of esters is 1. The van der Waals surface area contributed by atoms with Crippen molar-refractivity contribution in [3.63, 3.8) is 0 Å². The van der Waals surface area contributed by atoms with Crippen LogP contribution in [0.5, 0.6) is 0 Å². The fourth-order valence-corrected chi connectivity index (χ4v) is 4.48. The van der Waals surface area contributed by atoms with Gasteiger partial charge in [0.15, 0.2) is 0 Å². The Hall–Kier alpha value is -3.11. The monoisotopic (exact) mass is 427 g/mol. The van der Waals surface area contributed by atoms with Gasteiger partial charge in [-0.25, -0.2) is 4.98 Å². The predicted octanol–water partition coefficient (Wildman–Crippen LogP) is 6.87. The summed E-state index contributed by atoms with van der Waals surface area (Å²) in [6.45, 7) is 4.27. The molecule has 0 amide bonds. The van der Waals surface area contributed by atoms with E-state index in [-0.39, 0.29) is 24.4 Å². The number of aromatic nitrogens is 1. The number of fused-ring (bicyclic) bond motifs is 1. The number of carbonyl (C=O) groups excluding carboxylic acids is 1. The van der Waals surface area contributed by atoms with Crippen LogP contribution in [0.25, 0.3) is 10.8 Å². The fraction of sp³-hybridized carbons (Fsp3) is 0.185. The van der Waals surface area contributed by atoms with Crippen LogP contribution in [0.2, 0.25) is 0 Å². The number of carbonyl (C=O) groups is 1. The second-order valence-electron chi connectivity index (χ2n) is 7.82. The number of ether oxygens (including phenoxy) is 1. The van der Waals surface area contributed by atoms with E-state index in [1.54, 1.807) is 11.8 Å². The van der Waals surface area contributed by atoms with Crippen molar-refractivity contribution in [3.05, 3.63) is 102 Å². The van der Waals surface area contributed by atoms with E-state index in [0.717, 1.165) is 26.6 Å². The standard InChI is InChI=1S/C27H25NO2S/c1-19(2)26(22-16-15-20-9-6-7-10-21(20)17-22)27(29)30-18-23-11-8-14-25(28-23)31-24-12-4-3-5-13-24/h3-17,19,26H,18H2,1-2H3. The van der Waals surface area contributed by atoms with Crippen LogP contribution < -0.4 is 0 Å². The van der Waals surface area contributed by atoms with Crippen LogP contribution in [-0.4, -0.2) is 11.0 Å². The zero-order valence-corrected chi connectivity index (χ0v) is 18.5. The first-order valence-electron chi connectivity index (χ1n) is 10.4. The third kappa shape index (κ3) is 5.33. The maximum absolute atomic E-state index is 13.0. The summed E-state index contributed by atoms with van der Waals surface area (Å²) in [4.78, 5) is 18.8. The van der Waals surface area contributed by atoms with Gasteiger partial charge in [-0.15, -0.1) is 0 Å². The molecule has 4 aromatic rings. The van der Waals surface area contributed by atoms with Crippen molar-refractivity contribution in [1.82, 2.24) is 4.98 Å². The number of rotatable bonds is 7. The first-order valence-corrected chi connectivity index (χ1v) is 11.3. The number of benzene rings is 3. The van der Waals surface area contributed by atoms with Gasteiger partial charge in [-0.3, -0.25) is 4.79 Å². The molecular formula is C27H25NO2S. The summed E-state index contributed by atoms with van der Waals surface area (Å²) in [6, 6.07) is 30.3. The van der Waals surface area contributed by atoms with E-state index < -0.39 is 0 Å². The Kier molecular flexibility index (Phi) is 6.68. The van der Waals surface area contributed by atoms with Crippen LogP contribution >= 0.6 is 11.8 Å². The molecule has 0 saturated carbocycles. The summed E-state index contributed by atoms with van der Waals surface area (Å²) in [6.07, 6.45) is 0. The van der Waals surface area contributed by atoms with Gasteiger partial charge in [0.1, 0.15) is 11.6 Å². The smallest absolute Gasteiger partial charge is 0.314 e. The highest BCUT2D eigenvalue weighted by molar-refractivity contribution is 7.99. The SMILES string of the molecule is CC(C)C(C(=O)OCc1cccc(Sc2ccccc2)n1)c1ccc2ccccc2c1. The van der Waals surface area contributed by atoms with Crippen LogP contribution in [-0.2, 0) is 16.1 Å². The molecule has 3 aromatic carbocycles. The van der Waals surface area contributed by atoms with Crippen molar-refractivity contribution in [3.8, 4) is 0 Å². The van der Waals surface area contributed by atoms with Gasteiger partial charge < -0.3 is 4.74 Å². The maximum Gasteiger partial charge on any atom is 0.314 e. The highest BCUT2D eigenvalue weighted by Crippen LogP contribution is 2.29. The van der Waals surface area contributed by atoms with E-state index in [1.165, 1.54) is 5.39 Å². The molecule has 3 nitrogen and oxygen atoms in total. The molecule has 0 aliphatic rings. The van der Waals surface area contributed by atoms with Gasteiger partial charge in [0.05, 0.1) is 11.6 Å². The normalized spacial score (nSPS) is 12.1. The molecule has 0 aliphatic heterocycles. The minimum Gasteiger partial charge on any atom is -0.459 e. The minimum atomic E-state index is -0.313. The Bertz CT molecular complexity index is 1170. The molecular weight excluding hydrogens is 402 g/mol. The summed E-state index contributed by atoms with van der Waals surface area (Å²) in [7, 11) is 0. The summed E-state index contributed by atoms with van der Waals surface area (Å²) in [5, 5.41) is 3.18. The largest absolute Gasteiger partial charge is 0.459 e. The third-order valence-electron chi connectivity index (χ3n) is 5.16. The summed E-state index contributed by atoms with van der Waals surface area (Å²) in [5.74, 6) is -0.402. The quantitative estimate of drug-likeness (QED) is 0.302. The number of pyridine rings is 1. The zero-order valence-electron chi connectivity index (χ0n) is 17.7. The van der Waals surface area contributed by atoms with Crippen molar-refractivity contribution in [2.75, 3.05) is 0 Å². The van der Waals surface area contributed by atoms with E-state index in [1.807, 2.05) is 54.6 Å². The minimum absolute atomic E-state index is 0.126. The van der Waals surface area contributed by atoms with Crippen molar-refractivity contribution in [2.24, 2.45) is 5.92 Å². The Balaban J connectivity index is 1.46. The average Bonchev–Trinajstić information content (AvgIpc) is 2.78. The van der Waals surface area contributed by atoms with E-state index >= 15 is 0 Å². The van der Waals surface area contributed by atoms with Crippen LogP contribution in [0, 0.1) is 5.92 Å². The van der Waals surface area contributed by atoms with Gasteiger partial charge in [0.2, 0.25) is 0 Å². The van der Waals surface area contributed by atoms with Crippen LogP contribution in [0.3, 0.4) is 0 Å². The van der Waals surface area contributed by atoms with Gasteiger partial charge in [-0.05, 0) is 46.5 Å². The average molecular weight is 428 g/mol. The molecule has 0 fully saturated rings. The topological polar surface area (TPSA) is 39.2 Å². The zero-order chi connectivity index (χ0) is 21.6. The Morgan fingerprint density at radius 1 is 0.871 bits per heavy atom. The Labute approximate surface area is 187 Å². The molecule has 0 aliphatic carbocycles. The van der Waals surface area contributed by atoms with Crippen molar-refractivity contribution < 1.29 is 9.53 Å². The number of nitrogens with zero attached hydrogens (tertiary/aromatic N) is 1. The molecule has 156 valence electrons. The lowest BCUT2D eigenvalue weighted by atomic mass is 9.87. The second-order valence-corrected chi connectivity index (χ2v) is 8.91. The second kappa shape index (κ2) is 9.80. The number of hydrogen-bond donors (Lipinski definition) is 0.